The molecule has 0 aromatic heterocycles. The minimum atomic E-state index is -0.739. The summed E-state index contributed by atoms with van der Waals surface area (Å²) < 4.78 is 11.0. The molecule has 0 aliphatic carbocycles. The largest absolute Gasteiger partial charge is 0.482 e. The molecule has 7 heteroatoms. The molecule has 3 rings (SSSR count). The summed E-state index contributed by atoms with van der Waals surface area (Å²) in [6.07, 6.45) is -0.739. The van der Waals surface area contributed by atoms with Crippen molar-refractivity contribution >= 4 is 34.8 Å². The van der Waals surface area contributed by atoms with Gasteiger partial charge in [0.05, 0.1) is 5.69 Å². The molecule has 6 nitrogen and oxygen atoms in total. The van der Waals surface area contributed by atoms with Gasteiger partial charge in [0.1, 0.15) is 11.5 Å². The molecule has 0 saturated carbocycles. The summed E-state index contributed by atoms with van der Waals surface area (Å²) in [5.41, 5.74) is 1.95. The lowest BCUT2D eigenvalue weighted by Crippen LogP contribution is -2.30. The van der Waals surface area contributed by atoms with E-state index in [0.29, 0.717) is 27.9 Å². The highest BCUT2D eigenvalue weighted by Crippen LogP contribution is 2.32. The van der Waals surface area contributed by atoms with Crippen molar-refractivity contribution < 1.29 is 19.1 Å². The molecule has 25 heavy (non-hydrogen) atoms. The molecule has 0 radical (unpaired) electrons. The summed E-state index contributed by atoms with van der Waals surface area (Å²) >= 11 is 6.06. The van der Waals surface area contributed by atoms with E-state index in [2.05, 4.69) is 10.6 Å². The molecule has 1 unspecified atom stereocenters. The second kappa shape index (κ2) is 7.03. The third kappa shape index (κ3) is 3.85. The number of amides is 2. The number of ether oxygens (including phenoxy) is 2. The molecular formula is C18H17ClN2O4. The van der Waals surface area contributed by atoms with Crippen molar-refractivity contribution in [1.82, 2.24) is 0 Å². The van der Waals surface area contributed by atoms with E-state index in [4.69, 9.17) is 21.1 Å². The van der Waals surface area contributed by atoms with Crippen LogP contribution >= 0.6 is 11.6 Å². The maximum absolute atomic E-state index is 12.3. The average Bonchev–Trinajstić information content (AvgIpc) is 2.58. The number of halogens is 1. The van der Waals surface area contributed by atoms with Crippen LogP contribution in [0, 0.1) is 6.92 Å². The third-order valence-electron chi connectivity index (χ3n) is 3.79. The van der Waals surface area contributed by atoms with Gasteiger partial charge in [-0.3, -0.25) is 9.59 Å². The number of hydrogen-bond acceptors (Lipinski definition) is 4. The number of rotatable bonds is 4. The van der Waals surface area contributed by atoms with Crippen molar-refractivity contribution in [2.75, 3.05) is 17.2 Å². The molecule has 1 atom stereocenters. The van der Waals surface area contributed by atoms with Gasteiger partial charge in [0, 0.05) is 16.8 Å². The van der Waals surface area contributed by atoms with Gasteiger partial charge in [-0.1, -0.05) is 17.7 Å². The van der Waals surface area contributed by atoms with Gasteiger partial charge in [-0.2, -0.15) is 0 Å². The Bertz CT molecular complexity index is 838. The minimum absolute atomic E-state index is 0.00893. The van der Waals surface area contributed by atoms with E-state index in [0.717, 1.165) is 5.56 Å². The first-order chi connectivity index (χ1) is 11.9. The van der Waals surface area contributed by atoms with Crippen LogP contribution in [-0.4, -0.2) is 24.5 Å². The van der Waals surface area contributed by atoms with E-state index in [1.807, 2.05) is 6.92 Å². The van der Waals surface area contributed by atoms with Gasteiger partial charge in [0.2, 0.25) is 0 Å². The van der Waals surface area contributed by atoms with Crippen molar-refractivity contribution in [3.8, 4) is 11.5 Å². The van der Waals surface area contributed by atoms with Gasteiger partial charge in [-0.15, -0.1) is 0 Å². The average molecular weight is 361 g/mol. The summed E-state index contributed by atoms with van der Waals surface area (Å²) in [4.78, 5) is 23.7. The van der Waals surface area contributed by atoms with Crippen molar-refractivity contribution in [2.45, 2.75) is 20.0 Å². The Hall–Kier alpha value is -2.73. The van der Waals surface area contributed by atoms with Gasteiger partial charge in [0.15, 0.2) is 12.7 Å². The van der Waals surface area contributed by atoms with Crippen molar-refractivity contribution in [3.05, 3.63) is 47.0 Å². The number of fused-ring (bicyclic) bond motifs is 1. The van der Waals surface area contributed by atoms with Crippen LogP contribution in [-0.2, 0) is 9.59 Å². The Morgan fingerprint density at radius 3 is 2.96 bits per heavy atom. The zero-order chi connectivity index (χ0) is 18.0. The van der Waals surface area contributed by atoms with Crippen molar-refractivity contribution in [2.24, 2.45) is 0 Å². The smallest absolute Gasteiger partial charge is 0.265 e. The second-order valence-electron chi connectivity index (χ2n) is 5.66. The van der Waals surface area contributed by atoms with Crippen LogP contribution < -0.4 is 20.1 Å². The van der Waals surface area contributed by atoms with Crippen molar-refractivity contribution in [3.63, 3.8) is 0 Å². The molecule has 1 heterocycles. The number of carbonyl (C=O) groups excluding carboxylic acids is 2. The van der Waals surface area contributed by atoms with Crippen LogP contribution in [0.2, 0.25) is 5.02 Å². The van der Waals surface area contributed by atoms with Crippen LogP contribution in [0.25, 0.3) is 0 Å². The maximum atomic E-state index is 12.3. The predicted molar refractivity (Wildman–Crippen MR) is 95.5 cm³/mol. The van der Waals surface area contributed by atoms with Gasteiger partial charge in [-0.05, 0) is 43.7 Å². The molecule has 130 valence electrons. The number of hydrogen-bond donors (Lipinski definition) is 2. The summed E-state index contributed by atoms with van der Waals surface area (Å²) in [6, 6.07) is 10.3. The van der Waals surface area contributed by atoms with Crippen LogP contribution in [0.1, 0.15) is 12.5 Å². The number of carbonyl (C=O) groups is 2. The molecule has 2 N–H and O–H groups in total. The first-order valence-electron chi connectivity index (χ1n) is 7.73. The van der Waals surface area contributed by atoms with E-state index >= 15 is 0 Å². The lowest BCUT2D eigenvalue weighted by Gasteiger charge is -2.20. The molecule has 0 saturated heterocycles. The second-order valence-corrected chi connectivity index (χ2v) is 6.06. The topological polar surface area (TPSA) is 76.7 Å². The van der Waals surface area contributed by atoms with E-state index in [1.54, 1.807) is 43.3 Å². The third-order valence-corrected chi connectivity index (χ3v) is 4.20. The predicted octanol–water partition coefficient (Wildman–Crippen LogP) is 3.39. The van der Waals surface area contributed by atoms with Crippen LogP contribution in [0.4, 0.5) is 11.4 Å². The molecule has 2 aromatic rings. The van der Waals surface area contributed by atoms with Gasteiger partial charge < -0.3 is 20.1 Å². The Morgan fingerprint density at radius 2 is 2.16 bits per heavy atom. The summed E-state index contributed by atoms with van der Waals surface area (Å²) in [5, 5.41) is 6.08. The first-order valence-corrected chi connectivity index (χ1v) is 8.11. The highest BCUT2D eigenvalue weighted by atomic mass is 35.5. The SMILES string of the molecule is Cc1c(Cl)cccc1NC(=O)C(C)Oc1ccc2c(c1)NC(=O)CO2. The van der Waals surface area contributed by atoms with E-state index < -0.39 is 6.10 Å². The molecule has 2 amide bonds. The monoisotopic (exact) mass is 360 g/mol. The molecule has 1 aliphatic heterocycles. The summed E-state index contributed by atoms with van der Waals surface area (Å²) in [5.74, 6) is 0.490. The van der Waals surface area contributed by atoms with E-state index in [9.17, 15) is 9.59 Å². The molecule has 0 spiro atoms. The number of benzene rings is 2. The molecule has 1 aliphatic rings. The molecular weight excluding hydrogens is 344 g/mol. The zero-order valence-electron chi connectivity index (χ0n) is 13.8. The van der Waals surface area contributed by atoms with Crippen LogP contribution in [0.5, 0.6) is 11.5 Å². The standard InChI is InChI=1S/C18H17ClN2O4/c1-10-13(19)4-3-5-14(10)21-18(23)11(2)25-12-6-7-16-15(8-12)20-17(22)9-24-16/h3-8,11H,9H2,1-2H3,(H,20,22)(H,21,23). The van der Waals surface area contributed by atoms with E-state index in [1.165, 1.54) is 0 Å². The normalized spacial score (nSPS) is 14.0. The van der Waals surface area contributed by atoms with Crippen molar-refractivity contribution in [1.29, 1.82) is 0 Å². The highest BCUT2D eigenvalue weighted by molar-refractivity contribution is 6.31. The maximum Gasteiger partial charge on any atom is 0.265 e. The Labute approximate surface area is 150 Å². The lowest BCUT2D eigenvalue weighted by atomic mass is 10.2. The fourth-order valence-corrected chi connectivity index (χ4v) is 2.54. The summed E-state index contributed by atoms with van der Waals surface area (Å²) in [7, 11) is 0. The van der Waals surface area contributed by atoms with Gasteiger partial charge in [-0.25, -0.2) is 0 Å². The molecule has 2 aromatic carbocycles. The highest BCUT2D eigenvalue weighted by Gasteiger charge is 2.19. The Morgan fingerprint density at radius 1 is 1.36 bits per heavy atom. The molecule has 0 bridgehead atoms. The quantitative estimate of drug-likeness (QED) is 0.876. The van der Waals surface area contributed by atoms with E-state index in [-0.39, 0.29) is 18.4 Å². The summed E-state index contributed by atoms with van der Waals surface area (Å²) in [6.45, 7) is 3.46. The first kappa shape index (κ1) is 17.1. The van der Waals surface area contributed by atoms with Crippen LogP contribution in [0.15, 0.2) is 36.4 Å². The number of anilines is 2. The van der Waals surface area contributed by atoms with Gasteiger partial charge in [0.25, 0.3) is 11.8 Å². The lowest BCUT2D eigenvalue weighted by molar-refractivity contribution is -0.122. The fraction of sp³-hybridized carbons (Fsp3) is 0.222. The Kier molecular flexibility index (Phi) is 4.81. The fourth-order valence-electron chi connectivity index (χ4n) is 2.37. The zero-order valence-corrected chi connectivity index (χ0v) is 14.5. The molecule has 0 fully saturated rings. The Balaban J connectivity index is 1.68. The van der Waals surface area contributed by atoms with Crippen LogP contribution in [0.3, 0.4) is 0 Å². The number of nitrogens with one attached hydrogen (secondary N) is 2. The minimum Gasteiger partial charge on any atom is -0.482 e. The van der Waals surface area contributed by atoms with Gasteiger partial charge >= 0.3 is 0 Å².